The second-order valence-corrected chi connectivity index (χ2v) is 6.29. The van der Waals surface area contributed by atoms with Crippen LogP contribution in [0.1, 0.15) is 6.42 Å². The molecular weight excluding hydrogens is 270 g/mol. The second kappa shape index (κ2) is 3.63. The molecule has 0 aromatic carbocycles. The average Bonchev–Trinajstić information content (AvgIpc) is 2.72. The minimum atomic E-state index is -3.39. The third-order valence-electron chi connectivity index (χ3n) is 2.15. The number of alkyl halides is 1. The van der Waals surface area contributed by atoms with Gasteiger partial charge in [0.25, 0.3) is 10.0 Å². The summed E-state index contributed by atoms with van der Waals surface area (Å²) in [6.07, 6.45) is 3.79. The molecule has 5 nitrogen and oxygen atoms in total. The Morgan fingerprint density at radius 3 is 2.93 bits per heavy atom. The van der Waals surface area contributed by atoms with Gasteiger partial charge in [0, 0.05) is 30.3 Å². The lowest BCUT2D eigenvalue weighted by molar-refractivity contribution is 0.472. The number of hydrogen-bond acceptors (Lipinski definition) is 3. The molecule has 1 aliphatic heterocycles. The molecule has 1 saturated heterocycles. The Kier molecular flexibility index (Phi) is 2.63. The number of aromatic nitrogens is 2. The maximum absolute atomic E-state index is 11.9. The van der Waals surface area contributed by atoms with Gasteiger partial charge in [0.2, 0.25) is 5.16 Å². The van der Waals surface area contributed by atoms with Crippen LogP contribution in [0.2, 0.25) is 0 Å². The van der Waals surface area contributed by atoms with Gasteiger partial charge in [-0.1, -0.05) is 15.9 Å². The molecule has 0 spiro atoms. The lowest BCUT2D eigenvalue weighted by Crippen LogP contribution is -2.29. The Labute approximate surface area is 90.7 Å². The number of aromatic amines is 1. The molecule has 1 unspecified atom stereocenters. The fourth-order valence-electron chi connectivity index (χ4n) is 1.42. The molecule has 78 valence electrons. The third kappa shape index (κ3) is 1.71. The monoisotopic (exact) mass is 279 g/mol. The van der Waals surface area contributed by atoms with E-state index >= 15 is 0 Å². The van der Waals surface area contributed by atoms with E-state index in [9.17, 15) is 8.42 Å². The maximum atomic E-state index is 11.9. The van der Waals surface area contributed by atoms with Crippen LogP contribution in [0, 0.1) is 0 Å². The Bertz CT molecular complexity index is 403. The highest BCUT2D eigenvalue weighted by Crippen LogP contribution is 2.22. The summed E-state index contributed by atoms with van der Waals surface area (Å²) in [6, 6.07) is 0. The highest BCUT2D eigenvalue weighted by atomic mass is 79.9. The predicted octanol–water partition coefficient (Wildman–Crippen LogP) is 0.568. The third-order valence-corrected chi connectivity index (χ3v) is 4.62. The van der Waals surface area contributed by atoms with E-state index in [1.54, 1.807) is 0 Å². The number of imidazole rings is 1. The SMILES string of the molecule is O=S(=O)(c1ncc[nH]1)N1CCC(Br)C1. The van der Waals surface area contributed by atoms with E-state index in [2.05, 4.69) is 25.9 Å². The first-order valence-electron chi connectivity index (χ1n) is 4.24. The molecule has 2 rings (SSSR count). The Balaban J connectivity index is 2.26. The van der Waals surface area contributed by atoms with Crippen molar-refractivity contribution in [2.45, 2.75) is 16.4 Å². The van der Waals surface area contributed by atoms with Crippen molar-refractivity contribution < 1.29 is 8.42 Å². The van der Waals surface area contributed by atoms with E-state index in [0.717, 1.165) is 6.42 Å². The molecule has 0 radical (unpaired) electrons. The van der Waals surface area contributed by atoms with E-state index in [4.69, 9.17) is 0 Å². The molecule has 2 heterocycles. The lowest BCUT2D eigenvalue weighted by Gasteiger charge is -2.12. The van der Waals surface area contributed by atoms with E-state index in [-0.39, 0.29) is 9.98 Å². The van der Waals surface area contributed by atoms with Crippen LogP contribution in [-0.4, -0.2) is 40.6 Å². The smallest absolute Gasteiger partial charge is 0.276 e. The number of H-pyrrole nitrogens is 1. The number of hydrogen-bond donors (Lipinski definition) is 1. The zero-order chi connectivity index (χ0) is 10.2. The van der Waals surface area contributed by atoms with Crippen molar-refractivity contribution in [3.8, 4) is 0 Å². The molecule has 14 heavy (non-hydrogen) atoms. The van der Waals surface area contributed by atoms with Gasteiger partial charge in [0.15, 0.2) is 0 Å². The van der Waals surface area contributed by atoms with Crippen LogP contribution in [0.15, 0.2) is 17.6 Å². The number of rotatable bonds is 2. The van der Waals surface area contributed by atoms with Gasteiger partial charge in [-0.05, 0) is 6.42 Å². The normalized spacial score (nSPS) is 24.2. The zero-order valence-corrected chi connectivity index (χ0v) is 9.75. The Morgan fingerprint density at radius 1 is 1.64 bits per heavy atom. The van der Waals surface area contributed by atoms with E-state index in [1.165, 1.54) is 16.7 Å². The summed E-state index contributed by atoms with van der Waals surface area (Å²) in [7, 11) is -3.39. The second-order valence-electron chi connectivity index (χ2n) is 3.14. The minimum absolute atomic E-state index is 0.0269. The molecule has 1 atom stereocenters. The van der Waals surface area contributed by atoms with E-state index < -0.39 is 10.0 Å². The highest BCUT2D eigenvalue weighted by molar-refractivity contribution is 9.09. The zero-order valence-electron chi connectivity index (χ0n) is 7.35. The molecule has 0 saturated carbocycles. The molecule has 7 heteroatoms. The first-order chi connectivity index (χ1) is 6.60. The van der Waals surface area contributed by atoms with Gasteiger partial charge in [-0.25, -0.2) is 13.4 Å². The summed E-state index contributed by atoms with van der Waals surface area (Å²) in [5.74, 6) is 0. The molecule has 1 aliphatic rings. The predicted molar refractivity (Wildman–Crippen MR) is 54.7 cm³/mol. The Hall–Kier alpha value is -0.400. The van der Waals surface area contributed by atoms with Crippen molar-refractivity contribution in [2.24, 2.45) is 0 Å². The van der Waals surface area contributed by atoms with Gasteiger partial charge in [-0.3, -0.25) is 0 Å². The molecule has 1 N–H and O–H groups in total. The minimum Gasteiger partial charge on any atom is -0.334 e. The van der Waals surface area contributed by atoms with Crippen LogP contribution in [0.4, 0.5) is 0 Å². The van der Waals surface area contributed by atoms with Gasteiger partial charge in [-0.2, -0.15) is 4.31 Å². The fourth-order valence-corrected chi connectivity index (χ4v) is 3.54. The van der Waals surface area contributed by atoms with Crippen molar-refractivity contribution in [3.63, 3.8) is 0 Å². The molecule has 1 fully saturated rings. The molecule has 1 aromatic heterocycles. The summed E-state index contributed by atoms with van der Waals surface area (Å²) in [5, 5.41) is 0.0269. The molecule has 1 aromatic rings. The van der Waals surface area contributed by atoms with Gasteiger partial charge in [0.1, 0.15) is 0 Å². The van der Waals surface area contributed by atoms with Crippen molar-refractivity contribution >= 4 is 26.0 Å². The van der Waals surface area contributed by atoms with Crippen LogP contribution in [0.3, 0.4) is 0 Å². The number of nitrogens with zero attached hydrogens (tertiary/aromatic N) is 2. The van der Waals surface area contributed by atoms with Crippen molar-refractivity contribution in [1.29, 1.82) is 0 Å². The van der Waals surface area contributed by atoms with Crippen LogP contribution >= 0.6 is 15.9 Å². The molecule has 0 bridgehead atoms. The first-order valence-corrected chi connectivity index (χ1v) is 6.60. The summed E-state index contributed by atoms with van der Waals surface area (Å²) < 4.78 is 25.1. The molecule has 0 aliphatic carbocycles. The number of nitrogens with one attached hydrogen (secondary N) is 1. The van der Waals surface area contributed by atoms with Crippen LogP contribution in [0.5, 0.6) is 0 Å². The maximum Gasteiger partial charge on any atom is 0.276 e. The summed E-state index contributed by atoms with van der Waals surface area (Å²) in [5.41, 5.74) is 0. The largest absolute Gasteiger partial charge is 0.334 e. The van der Waals surface area contributed by atoms with Gasteiger partial charge in [0.05, 0.1) is 0 Å². The van der Waals surface area contributed by atoms with Crippen LogP contribution in [-0.2, 0) is 10.0 Å². The van der Waals surface area contributed by atoms with E-state index in [0.29, 0.717) is 13.1 Å². The number of sulfonamides is 1. The average molecular weight is 280 g/mol. The summed E-state index contributed by atoms with van der Waals surface area (Å²) >= 11 is 3.40. The first kappa shape index (κ1) is 10.1. The van der Waals surface area contributed by atoms with Crippen molar-refractivity contribution in [3.05, 3.63) is 12.4 Å². The van der Waals surface area contributed by atoms with Crippen LogP contribution in [0.25, 0.3) is 0 Å². The summed E-state index contributed by atoms with van der Waals surface area (Å²) in [6.45, 7) is 1.07. The quantitative estimate of drug-likeness (QED) is 0.805. The fraction of sp³-hybridized carbons (Fsp3) is 0.571. The van der Waals surface area contributed by atoms with Crippen LogP contribution < -0.4 is 0 Å². The van der Waals surface area contributed by atoms with Crippen molar-refractivity contribution in [1.82, 2.24) is 14.3 Å². The van der Waals surface area contributed by atoms with Gasteiger partial charge in [-0.15, -0.1) is 0 Å². The Morgan fingerprint density at radius 2 is 2.43 bits per heavy atom. The molecular formula is C7H10BrN3O2S. The lowest BCUT2D eigenvalue weighted by atomic mass is 10.4. The van der Waals surface area contributed by atoms with Gasteiger partial charge < -0.3 is 4.98 Å². The van der Waals surface area contributed by atoms with Gasteiger partial charge >= 0.3 is 0 Å². The van der Waals surface area contributed by atoms with Crippen molar-refractivity contribution in [2.75, 3.05) is 13.1 Å². The standard InChI is InChI=1S/C7H10BrN3O2S/c8-6-1-4-11(5-6)14(12,13)7-9-2-3-10-7/h2-3,6H,1,4-5H2,(H,9,10). The van der Waals surface area contributed by atoms with E-state index in [1.807, 2.05) is 0 Å². The highest BCUT2D eigenvalue weighted by Gasteiger charge is 2.32. The summed E-state index contributed by atoms with van der Waals surface area (Å²) in [4.78, 5) is 6.63. The topological polar surface area (TPSA) is 66.1 Å². The number of halogens is 1. The molecule has 0 amide bonds.